The number of anilines is 1. The maximum atomic E-state index is 12.6. The number of amides is 2. The molecule has 12 heteroatoms. The first-order chi connectivity index (χ1) is 15.3. The van der Waals surface area contributed by atoms with E-state index in [4.69, 9.17) is 0 Å². The molecule has 1 aromatic carbocycles. The van der Waals surface area contributed by atoms with Crippen LogP contribution in [0.25, 0.3) is 0 Å². The molecule has 0 saturated heterocycles. The summed E-state index contributed by atoms with van der Waals surface area (Å²) in [5.41, 5.74) is 0.00577. The highest BCUT2D eigenvalue weighted by Crippen LogP contribution is 2.22. The Morgan fingerprint density at radius 3 is 2.72 bits per heavy atom. The Balaban J connectivity index is 1.62. The molecule has 2 aromatic heterocycles. The van der Waals surface area contributed by atoms with E-state index in [1.807, 2.05) is 13.8 Å². The Labute approximate surface area is 187 Å². The molecule has 32 heavy (non-hydrogen) atoms. The maximum Gasteiger partial charge on any atom is 0.270 e. The Morgan fingerprint density at radius 2 is 2.03 bits per heavy atom. The number of rotatable bonds is 9. The predicted molar refractivity (Wildman–Crippen MR) is 118 cm³/mol. The van der Waals surface area contributed by atoms with E-state index in [1.165, 1.54) is 24.3 Å². The second-order valence-corrected chi connectivity index (χ2v) is 8.00. The Kier molecular flexibility index (Phi) is 7.49. The average molecular weight is 456 g/mol. The SMILES string of the molecule is CC(C)[C@@H](NC(=O)c1cccc([N+](=O)[O-])c1)c1nc(SCC(=O)Nc2ccccn2)n[nH]1. The normalized spacial score (nSPS) is 11.7. The summed E-state index contributed by atoms with van der Waals surface area (Å²) < 4.78 is 0. The van der Waals surface area contributed by atoms with E-state index in [2.05, 4.69) is 30.8 Å². The quantitative estimate of drug-likeness (QED) is 0.253. The number of thioether (sulfide) groups is 1. The molecular weight excluding hydrogens is 434 g/mol. The van der Waals surface area contributed by atoms with Crippen molar-refractivity contribution in [3.05, 3.63) is 70.2 Å². The van der Waals surface area contributed by atoms with E-state index in [-0.39, 0.29) is 28.8 Å². The first kappa shape index (κ1) is 22.9. The number of hydrogen-bond acceptors (Lipinski definition) is 8. The highest BCUT2D eigenvalue weighted by Gasteiger charge is 2.24. The summed E-state index contributed by atoms with van der Waals surface area (Å²) in [7, 11) is 0. The van der Waals surface area contributed by atoms with Crippen LogP contribution >= 0.6 is 11.8 Å². The van der Waals surface area contributed by atoms with Crippen molar-refractivity contribution in [2.45, 2.75) is 25.0 Å². The second-order valence-electron chi connectivity index (χ2n) is 7.06. The summed E-state index contributed by atoms with van der Waals surface area (Å²) in [6.45, 7) is 3.79. The highest BCUT2D eigenvalue weighted by molar-refractivity contribution is 7.99. The van der Waals surface area contributed by atoms with Gasteiger partial charge in [-0.2, -0.15) is 0 Å². The van der Waals surface area contributed by atoms with E-state index in [1.54, 1.807) is 24.4 Å². The van der Waals surface area contributed by atoms with Crippen LogP contribution in [-0.2, 0) is 4.79 Å². The largest absolute Gasteiger partial charge is 0.342 e. The number of carbonyl (C=O) groups excluding carboxylic acids is 2. The van der Waals surface area contributed by atoms with Gasteiger partial charge in [-0.05, 0) is 24.1 Å². The summed E-state index contributed by atoms with van der Waals surface area (Å²) in [6, 6.07) is 10.2. The Bertz CT molecular complexity index is 1100. The van der Waals surface area contributed by atoms with Gasteiger partial charge in [-0.15, -0.1) is 5.10 Å². The average Bonchev–Trinajstić information content (AvgIpc) is 3.25. The van der Waals surface area contributed by atoms with Crippen molar-refractivity contribution in [3.63, 3.8) is 0 Å². The minimum absolute atomic E-state index is 0.0455. The van der Waals surface area contributed by atoms with Crippen LogP contribution in [0.4, 0.5) is 11.5 Å². The first-order valence-corrected chi connectivity index (χ1v) is 10.6. The second kappa shape index (κ2) is 10.5. The molecule has 0 aliphatic heterocycles. The molecule has 2 heterocycles. The van der Waals surface area contributed by atoms with Crippen molar-refractivity contribution < 1.29 is 14.5 Å². The number of carbonyl (C=O) groups is 2. The van der Waals surface area contributed by atoms with Gasteiger partial charge in [-0.3, -0.25) is 24.8 Å². The molecule has 3 aromatic rings. The van der Waals surface area contributed by atoms with Crippen LogP contribution in [-0.4, -0.2) is 42.7 Å². The lowest BCUT2D eigenvalue weighted by Gasteiger charge is -2.19. The summed E-state index contributed by atoms with van der Waals surface area (Å²) in [5, 5.41) is 23.7. The summed E-state index contributed by atoms with van der Waals surface area (Å²) >= 11 is 1.14. The predicted octanol–water partition coefficient (Wildman–Crippen LogP) is 2.97. The molecule has 166 valence electrons. The third-order valence-corrected chi connectivity index (χ3v) is 5.16. The lowest BCUT2D eigenvalue weighted by atomic mass is 10.0. The minimum atomic E-state index is -0.555. The molecule has 0 fully saturated rings. The van der Waals surface area contributed by atoms with Gasteiger partial charge < -0.3 is 10.6 Å². The molecule has 0 aliphatic carbocycles. The third-order valence-electron chi connectivity index (χ3n) is 4.31. The summed E-state index contributed by atoms with van der Waals surface area (Å²) in [4.78, 5) is 43.5. The monoisotopic (exact) mass is 455 g/mol. The van der Waals surface area contributed by atoms with E-state index in [0.29, 0.717) is 16.8 Å². The van der Waals surface area contributed by atoms with Gasteiger partial charge in [-0.1, -0.05) is 37.7 Å². The maximum absolute atomic E-state index is 12.6. The zero-order valence-corrected chi connectivity index (χ0v) is 18.1. The van der Waals surface area contributed by atoms with Crippen molar-refractivity contribution in [2.75, 3.05) is 11.1 Å². The van der Waals surface area contributed by atoms with Gasteiger partial charge in [0.15, 0.2) is 0 Å². The van der Waals surface area contributed by atoms with Gasteiger partial charge in [0.2, 0.25) is 11.1 Å². The molecular formula is C20H21N7O4S. The molecule has 0 spiro atoms. The van der Waals surface area contributed by atoms with Gasteiger partial charge in [-0.25, -0.2) is 9.97 Å². The molecule has 3 rings (SSSR count). The molecule has 1 atom stereocenters. The van der Waals surface area contributed by atoms with E-state index < -0.39 is 16.9 Å². The molecule has 2 amide bonds. The van der Waals surface area contributed by atoms with Crippen LogP contribution in [0.2, 0.25) is 0 Å². The molecule has 0 radical (unpaired) electrons. The molecule has 11 nitrogen and oxygen atoms in total. The molecule has 0 saturated carbocycles. The van der Waals surface area contributed by atoms with Gasteiger partial charge >= 0.3 is 0 Å². The number of aromatic amines is 1. The fourth-order valence-corrected chi connectivity index (χ4v) is 3.35. The summed E-state index contributed by atoms with van der Waals surface area (Å²) in [6.07, 6.45) is 1.58. The van der Waals surface area contributed by atoms with Crippen molar-refractivity contribution in [3.8, 4) is 0 Å². The van der Waals surface area contributed by atoms with Crippen molar-refractivity contribution in [2.24, 2.45) is 5.92 Å². The van der Waals surface area contributed by atoms with Gasteiger partial charge in [0.1, 0.15) is 11.6 Å². The number of hydrogen-bond donors (Lipinski definition) is 3. The van der Waals surface area contributed by atoms with Gasteiger partial charge in [0.25, 0.3) is 11.6 Å². The van der Waals surface area contributed by atoms with Crippen LogP contribution in [0.1, 0.15) is 36.1 Å². The van der Waals surface area contributed by atoms with Crippen molar-refractivity contribution >= 4 is 35.1 Å². The number of nitrogens with zero attached hydrogens (tertiary/aromatic N) is 4. The topological polar surface area (TPSA) is 156 Å². The van der Waals surface area contributed by atoms with Crippen LogP contribution in [0.5, 0.6) is 0 Å². The smallest absolute Gasteiger partial charge is 0.270 e. The fraction of sp³-hybridized carbons (Fsp3) is 0.250. The molecule has 0 unspecified atom stereocenters. The number of benzene rings is 1. The number of nitro benzene ring substituents is 1. The Morgan fingerprint density at radius 1 is 1.22 bits per heavy atom. The zero-order chi connectivity index (χ0) is 23.1. The number of non-ortho nitro benzene ring substituents is 1. The lowest BCUT2D eigenvalue weighted by molar-refractivity contribution is -0.384. The van der Waals surface area contributed by atoms with Crippen LogP contribution in [0.3, 0.4) is 0 Å². The van der Waals surface area contributed by atoms with Crippen molar-refractivity contribution in [1.29, 1.82) is 0 Å². The van der Waals surface area contributed by atoms with Gasteiger partial charge in [0, 0.05) is 23.9 Å². The Hall–Kier alpha value is -3.80. The molecule has 3 N–H and O–H groups in total. The number of nitrogens with one attached hydrogen (secondary N) is 3. The lowest BCUT2D eigenvalue weighted by Crippen LogP contribution is -2.32. The van der Waals surface area contributed by atoms with E-state index >= 15 is 0 Å². The highest BCUT2D eigenvalue weighted by atomic mass is 32.2. The number of nitro groups is 1. The summed E-state index contributed by atoms with van der Waals surface area (Å²) in [5.74, 6) is 0.201. The van der Waals surface area contributed by atoms with Crippen LogP contribution in [0.15, 0.2) is 53.8 Å². The standard InChI is InChI=1S/C20H21N7O4S/c1-12(2)17(23-19(29)13-6-5-7-14(10-13)27(30)31)18-24-20(26-25-18)32-11-16(28)22-15-8-3-4-9-21-15/h3-10,12,17H,11H2,1-2H3,(H,23,29)(H,21,22,28)(H,24,25,26)/t17-/m1/s1. The zero-order valence-electron chi connectivity index (χ0n) is 17.3. The number of H-pyrrole nitrogens is 1. The van der Waals surface area contributed by atoms with Gasteiger partial charge in [0.05, 0.1) is 16.7 Å². The molecule has 0 bridgehead atoms. The van der Waals surface area contributed by atoms with Crippen LogP contribution in [0, 0.1) is 16.0 Å². The van der Waals surface area contributed by atoms with Crippen molar-refractivity contribution in [1.82, 2.24) is 25.5 Å². The van der Waals surface area contributed by atoms with E-state index in [0.717, 1.165) is 11.8 Å². The van der Waals surface area contributed by atoms with E-state index in [9.17, 15) is 19.7 Å². The first-order valence-electron chi connectivity index (χ1n) is 9.65. The third kappa shape index (κ3) is 6.11. The fourth-order valence-electron chi connectivity index (χ4n) is 2.74. The molecule has 0 aliphatic rings. The minimum Gasteiger partial charge on any atom is -0.342 e. The van der Waals surface area contributed by atoms with Crippen LogP contribution < -0.4 is 10.6 Å². The number of pyridine rings is 1. The number of aromatic nitrogens is 4.